The van der Waals surface area contributed by atoms with Crippen molar-refractivity contribution in [3.05, 3.63) is 72.2 Å². The normalized spacial score (nSPS) is 11.6. The lowest BCUT2D eigenvalue weighted by Gasteiger charge is -2.11. The van der Waals surface area contributed by atoms with Gasteiger partial charge in [0, 0.05) is 5.56 Å². The molecule has 0 fully saturated rings. The first-order valence-electron chi connectivity index (χ1n) is 8.58. The molecule has 148 valence electrons. The Morgan fingerprint density at radius 2 is 1.62 bits per heavy atom. The van der Waals surface area contributed by atoms with E-state index in [0.717, 1.165) is 5.56 Å². The van der Waals surface area contributed by atoms with E-state index in [2.05, 4.69) is 14.7 Å². The molecular formula is C21H14F4N2O2. The summed E-state index contributed by atoms with van der Waals surface area (Å²) in [7, 11) is 0. The second kappa shape index (κ2) is 7.12. The van der Waals surface area contributed by atoms with E-state index in [1.54, 1.807) is 37.3 Å². The summed E-state index contributed by atoms with van der Waals surface area (Å²) >= 11 is 0. The smallest absolute Gasteiger partial charge is 0.453 e. The van der Waals surface area contributed by atoms with Crippen LogP contribution in [0.25, 0.3) is 34.2 Å². The monoisotopic (exact) mass is 402 g/mol. The molecule has 1 N–H and O–H groups in total. The highest BCUT2D eigenvalue weighted by Crippen LogP contribution is 2.36. The topological polar surface area (TPSA) is 51.1 Å². The fourth-order valence-electron chi connectivity index (χ4n) is 2.97. The van der Waals surface area contributed by atoms with Crippen LogP contribution in [0.2, 0.25) is 0 Å². The molecule has 8 heteroatoms. The van der Waals surface area contributed by atoms with Crippen LogP contribution in [0, 0.1) is 12.7 Å². The number of imidazole rings is 1. The molecule has 0 aliphatic rings. The predicted molar refractivity (Wildman–Crippen MR) is 98.5 cm³/mol. The molecule has 2 aromatic heterocycles. The standard InChI is InChI=1S/C21H14F4N2O2/c1-12-19(13-6-8-14(22)9-7-13)27-20(26-12)18-11-10-16(28-18)15-4-2-3-5-17(15)29-21(23,24)25/h2-11H,1H3,(H,26,27). The Bertz CT molecular complexity index is 1140. The van der Waals surface area contributed by atoms with Gasteiger partial charge >= 0.3 is 6.36 Å². The Kier molecular flexibility index (Phi) is 4.62. The van der Waals surface area contributed by atoms with Crippen LogP contribution in [0.15, 0.2) is 65.1 Å². The molecule has 4 rings (SSSR count). The van der Waals surface area contributed by atoms with Crippen molar-refractivity contribution in [2.75, 3.05) is 0 Å². The van der Waals surface area contributed by atoms with Crippen molar-refractivity contribution in [2.24, 2.45) is 0 Å². The molecule has 0 spiro atoms. The first kappa shape index (κ1) is 18.8. The average molecular weight is 402 g/mol. The van der Waals surface area contributed by atoms with Crippen molar-refractivity contribution in [1.29, 1.82) is 0 Å². The van der Waals surface area contributed by atoms with Gasteiger partial charge in [0.1, 0.15) is 17.3 Å². The zero-order valence-corrected chi connectivity index (χ0v) is 15.0. The Labute approximate surface area is 162 Å². The summed E-state index contributed by atoms with van der Waals surface area (Å²) in [6.45, 7) is 1.79. The summed E-state index contributed by atoms with van der Waals surface area (Å²) in [4.78, 5) is 7.53. The molecule has 2 aromatic carbocycles. The third-order valence-corrected chi connectivity index (χ3v) is 4.24. The zero-order valence-electron chi connectivity index (χ0n) is 15.0. The SMILES string of the molecule is Cc1nc(-c2ccc(-c3ccccc3OC(F)(F)F)o2)[nH]c1-c1ccc(F)cc1. The number of aromatic amines is 1. The number of benzene rings is 2. The van der Waals surface area contributed by atoms with Crippen LogP contribution in [0.4, 0.5) is 17.6 Å². The number of hydrogen-bond donors (Lipinski definition) is 1. The number of rotatable bonds is 4. The maximum atomic E-state index is 13.2. The Morgan fingerprint density at radius 1 is 0.931 bits per heavy atom. The molecule has 0 atom stereocenters. The number of furan rings is 1. The van der Waals surface area contributed by atoms with Gasteiger partial charge in [-0.15, -0.1) is 13.2 Å². The third-order valence-electron chi connectivity index (χ3n) is 4.24. The molecule has 0 radical (unpaired) electrons. The van der Waals surface area contributed by atoms with Crippen LogP contribution in [-0.4, -0.2) is 16.3 Å². The first-order valence-corrected chi connectivity index (χ1v) is 8.58. The van der Waals surface area contributed by atoms with Gasteiger partial charge in [-0.3, -0.25) is 0 Å². The number of ether oxygens (including phenoxy) is 1. The van der Waals surface area contributed by atoms with Crippen molar-refractivity contribution in [2.45, 2.75) is 13.3 Å². The minimum Gasteiger partial charge on any atom is -0.453 e. The lowest BCUT2D eigenvalue weighted by molar-refractivity contribution is -0.274. The van der Waals surface area contributed by atoms with Crippen molar-refractivity contribution >= 4 is 0 Å². The Hall–Kier alpha value is -3.55. The second-order valence-corrected chi connectivity index (χ2v) is 6.26. The summed E-state index contributed by atoms with van der Waals surface area (Å²) in [6, 6.07) is 14.8. The molecule has 29 heavy (non-hydrogen) atoms. The van der Waals surface area contributed by atoms with E-state index in [1.165, 1.54) is 30.3 Å². The lowest BCUT2D eigenvalue weighted by atomic mass is 10.1. The van der Waals surface area contributed by atoms with Crippen LogP contribution >= 0.6 is 0 Å². The summed E-state index contributed by atoms with van der Waals surface area (Å²) < 4.78 is 60.9. The minimum atomic E-state index is -4.81. The number of nitrogens with one attached hydrogen (secondary N) is 1. The lowest BCUT2D eigenvalue weighted by Crippen LogP contribution is -2.17. The molecule has 0 saturated carbocycles. The van der Waals surface area contributed by atoms with Crippen LogP contribution in [-0.2, 0) is 0 Å². The highest BCUT2D eigenvalue weighted by Gasteiger charge is 2.32. The molecule has 0 bridgehead atoms. The van der Waals surface area contributed by atoms with Crippen LogP contribution in [0.5, 0.6) is 5.75 Å². The first-order chi connectivity index (χ1) is 13.8. The van der Waals surface area contributed by atoms with E-state index in [-0.39, 0.29) is 22.9 Å². The molecule has 0 aliphatic heterocycles. The van der Waals surface area contributed by atoms with Crippen molar-refractivity contribution in [3.8, 4) is 39.9 Å². The third kappa shape index (κ3) is 4.01. The van der Waals surface area contributed by atoms with Crippen LogP contribution < -0.4 is 4.74 Å². The fourth-order valence-corrected chi connectivity index (χ4v) is 2.97. The number of aromatic nitrogens is 2. The summed E-state index contributed by atoms with van der Waals surface area (Å²) in [5.74, 6) is 0.253. The van der Waals surface area contributed by atoms with Gasteiger partial charge in [-0.05, 0) is 55.5 Å². The van der Waals surface area contributed by atoms with E-state index in [9.17, 15) is 17.6 Å². The Morgan fingerprint density at radius 3 is 2.34 bits per heavy atom. The van der Waals surface area contributed by atoms with Crippen LogP contribution in [0.1, 0.15) is 5.69 Å². The van der Waals surface area contributed by atoms with Crippen molar-refractivity contribution < 1.29 is 26.7 Å². The second-order valence-electron chi connectivity index (χ2n) is 6.26. The molecule has 4 aromatic rings. The highest BCUT2D eigenvalue weighted by molar-refractivity contribution is 5.70. The molecule has 2 heterocycles. The highest BCUT2D eigenvalue weighted by atomic mass is 19.4. The number of para-hydroxylation sites is 1. The van der Waals surface area contributed by atoms with E-state index in [0.29, 0.717) is 23.0 Å². The molecule has 0 aliphatic carbocycles. The predicted octanol–water partition coefficient (Wildman–Crippen LogP) is 6.35. The van der Waals surface area contributed by atoms with Gasteiger partial charge in [0.25, 0.3) is 0 Å². The number of nitrogens with zero attached hydrogens (tertiary/aromatic N) is 1. The van der Waals surface area contributed by atoms with Gasteiger partial charge in [-0.1, -0.05) is 12.1 Å². The van der Waals surface area contributed by atoms with Crippen LogP contribution in [0.3, 0.4) is 0 Å². The summed E-state index contributed by atoms with van der Waals surface area (Å²) in [5, 5.41) is 0. The van der Waals surface area contributed by atoms with Gasteiger partial charge in [0.15, 0.2) is 11.6 Å². The maximum absolute atomic E-state index is 13.2. The minimum absolute atomic E-state index is 0.165. The number of halogens is 4. The zero-order chi connectivity index (χ0) is 20.6. The maximum Gasteiger partial charge on any atom is 0.573 e. The average Bonchev–Trinajstić information content (AvgIpc) is 3.28. The molecule has 0 unspecified atom stereocenters. The number of hydrogen-bond acceptors (Lipinski definition) is 3. The fraction of sp³-hybridized carbons (Fsp3) is 0.0952. The number of aryl methyl sites for hydroxylation is 1. The molecular weight excluding hydrogens is 388 g/mol. The van der Waals surface area contributed by atoms with Gasteiger partial charge in [0.05, 0.1) is 17.0 Å². The molecule has 0 amide bonds. The van der Waals surface area contributed by atoms with Gasteiger partial charge in [-0.25, -0.2) is 9.37 Å². The summed E-state index contributed by atoms with van der Waals surface area (Å²) in [5.41, 5.74) is 2.28. The molecule has 4 nitrogen and oxygen atoms in total. The van der Waals surface area contributed by atoms with Crippen molar-refractivity contribution in [3.63, 3.8) is 0 Å². The van der Waals surface area contributed by atoms with E-state index < -0.39 is 6.36 Å². The quantitative estimate of drug-likeness (QED) is 0.405. The van der Waals surface area contributed by atoms with Crippen molar-refractivity contribution in [1.82, 2.24) is 9.97 Å². The van der Waals surface area contributed by atoms with Gasteiger partial charge in [0.2, 0.25) is 0 Å². The summed E-state index contributed by atoms with van der Waals surface area (Å²) in [6.07, 6.45) is -4.81. The largest absolute Gasteiger partial charge is 0.573 e. The van der Waals surface area contributed by atoms with Gasteiger partial charge < -0.3 is 14.1 Å². The van der Waals surface area contributed by atoms with E-state index in [1.807, 2.05) is 0 Å². The van der Waals surface area contributed by atoms with E-state index >= 15 is 0 Å². The number of H-pyrrole nitrogens is 1. The Balaban J connectivity index is 1.68. The van der Waals surface area contributed by atoms with Gasteiger partial charge in [-0.2, -0.15) is 0 Å². The number of alkyl halides is 3. The molecule has 0 saturated heterocycles. The van der Waals surface area contributed by atoms with E-state index in [4.69, 9.17) is 4.42 Å².